The molecule has 0 unspecified atom stereocenters. The molecule has 4 aliphatic carbocycles. The first-order chi connectivity index (χ1) is 25.5. The standard InChI is InChI=1S/C20H27N5O.C20H27N5S/c2*26-17(12-15-4-1-2-5-15)25-11-3-10-24(13-20(25)7-8-20)19-16-6-9-21-18(16)22-14-23-19/h2*6,9,14-15H,1-5,7-8,10-13H2,(H,21,22,23). The summed E-state index contributed by atoms with van der Waals surface area (Å²) in [5.74, 6) is 3.93. The summed E-state index contributed by atoms with van der Waals surface area (Å²) in [5, 5.41) is 2.21. The smallest absolute Gasteiger partial charge is 0.223 e. The minimum absolute atomic E-state index is 0.0414. The van der Waals surface area contributed by atoms with E-state index in [-0.39, 0.29) is 11.1 Å². The van der Waals surface area contributed by atoms with E-state index in [1.165, 1.54) is 69.2 Å². The maximum Gasteiger partial charge on any atom is 0.223 e. The number of nitrogens with zero attached hydrogens (tertiary/aromatic N) is 8. The molecule has 1 amide bonds. The van der Waals surface area contributed by atoms with Gasteiger partial charge in [0, 0.05) is 64.5 Å². The van der Waals surface area contributed by atoms with Crippen LogP contribution in [0.5, 0.6) is 0 Å². The van der Waals surface area contributed by atoms with Gasteiger partial charge in [0.05, 0.1) is 26.8 Å². The molecule has 2 saturated heterocycles. The SMILES string of the molecule is O=C(CC1CCCC1)N1CCCN(c2ncnc3[nH]ccc23)CC12CC2.S=C(CC1CCCC1)N1CCCN(c2ncnc3[nH]ccc23)CC12CC2. The Kier molecular flexibility index (Phi) is 9.29. The van der Waals surface area contributed by atoms with E-state index in [2.05, 4.69) is 61.6 Å². The van der Waals surface area contributed by atoms with E-state index in [0.717, 1.165) is 117 Å². The molecule has 2 N–H and O–H groups in total. The molecule has 10 rings (SSSR count). The third kappa shape index (κ3) is 6.76. The largest absolute Gasteiger partial charge is 0.359 e. The summed E-state index contributed by atoms with van der Waals surface area (Å²) in [6.07, 6.45) is 26.6. The van der Waals surface area contributed by atoms with Gasteiger partial charge >= 0.3 is 0 Å². The Morgan fingerprint density at radius 1 is 0.654 bits per heavy atom. The summed E-state index contributed by atoms with van der Waals surface area (Å²) in [7, 11) is 0. The zero-order valence-electron chi connectivity index (χ0n) is 30.6. The van der Waals surface area contributed by atoms with Crippen molar-refractivity contribution in [1.29, 1.82) is 0 Å². The molecule has 0 aromatic carbocycles. The number of nitrogens with one attached hydrogen (secondary N) is 2. The summed E-state index contributed by atoms with van der Waals surface area (Å²) in [6, 6.07) is 4.15. The van der Waals surface area contributed by atoms with Crippen LogP contribution in [-0.4, -0.2) is 101 Å². The van der Waals surface area contributed by atoms with Crippen LogP contribution < -0.4 is 9.80 Å². The molecule has 0 bridgehead atoms. The van der Waals surface area contributed by atoms with E-state index < -0.39 is 0 Å². The highest BCUT2D eigenvalue weighted by molar-refractivity contribution is 7.80. The quantitative estimate of drug-likeness (QED) is 0.203. The number of aromatic amines is 2. The third-order valence-corrected chi connectivity index (χ3v) is 13.5. The Bertz CT molecular complexity index is 1750. The Hall–Kier alpha value is -3.80. The number of rotatable bonds is 6. The molecule has 6 heterocycles. The first-order valence-electron chi connectivity index (χ1n) is 20.2. The molecular formula is C40H54N10OS. The summed E-state index contributed by atoms with van der Waals surface area (Å²) < 4.78 is 0. The zero-order chi connectivity index (χ0) is 35.1. The summed E-state index contributed by atoms with van der Waals surface area (Å²) in [6.45, 7) is 5.93. The van der Waals surface area contributed by atoms with Crippen LogP contribution in [0.3, 0.4) is 0 Å². The van der Waals surface area contributed by atoms with Crippen LogP contribution in [-0.2, 0) is 4.79 Å². The van der Waals surface area contributed by atoms with Gasteiger partial charge in [-0.3, -0.25) is 4.79 Å². The van der Waals surface area contributed by atoms with Crippen LogP contribution in [0.1, 0.15) is 103 Å². The lowest BCUT2D eigenvalue weighted by molar-refractivity contribution is -0.135. The van der Waals surface area contributed by atoms with E-state index >= 15 is 0 Å². The average molecular weight is 723 g/mol. The van der Waals surface area contributed by atoms with Gasteiger partial charge in [-0.05, 0) is 75.3 Å². The predicted molar refractivity (Wildman–Crippen MR) is 210 cm³/mol. The summed E-state index contributed by atoms with van der Waals surface area (Å²) in [5.41, 5.74) is 2.11. The third-order valence-electron chi connectivity index (χ3n) is 13.1. The fourth-order valence-corrected chi connectivity index (χ4v) is 10.5. The number of aromatic nitrogens is 6. The van der Waals surface area contributed by atoms with Crippen molar-refractivity contribution in [2.24, 2.45) is 11.8 Å². The van der Waals surface area contributed by atoms with Crippen LogP contribution >= 0.6 is 12.2 Å². The van der Waals surface area contributed by atoms with Crippen LogP contribution in [0.25, 0.3) is 22.1 Å². The Morgan fingerprint density at radius 2 is 1.13 bits per heavy atom. The molecule has 276 valence electrons. The minimum Gasteiger partial charge on any atom is -0.359 e. The van der Waals surface area contributed by atoms with Crippen molar-refractivity contribution >= 4 is 56.8 Å². The lowest BCUT2D eigenvalue weighted by Gasteiger charge is -2.35. The minimum atomic E-state index is 0.0414. The van der Waals surface area contributed by atoms with Gasteiger partial charge in [-0.2, -0.15) is 0 Å². The number of anilines is 2. The number of H-pyrrole nitrogens is 2. The topological polar surface area (TPSA) is 113 Å². The van der Waals surface area contributed by atoms with Gasteiger partial charge in [0.25, 0.3) is 0 Å². The maximum atomic E-state index is 13.1. The van der Waals surface area contributed by atoms with Crippen molar-refractivity contribution in [3.8, 4) is 0 Å². The molecule has 6 fully saturated rings. The molecule has 4 saturated carbocycles. The highest BCUT2D eigenvalue weighted by atomic mass is 32.1. The number of carbonyl (C=O) groups is 1. The van der Waals surface area contributed by atoms with Gasteiger partial charge in [-0.15, -0.1) is 0 Å². The number of thiocarbonyl (C=S) groups is 1. The second-order valence-electron chi connectivity index (χ2n) is 16.7. The molecule has 0 atom stereocenters. The Balaban J connectivity index is 0.000000138. The second-order valence-corrected chi connectivity index (χ2v) is 17.1. The van der Waals surface area contributed by atoms with Gasteiger partial charge in [0.2, 0.25) is 5.91 Å². The Labute approximate surface area is 312 Å². The van der Waals surface area contributed by atoms with Crippen molar-refractivity contribution < 1.29 is 4.79 Å². The van der Waals surface area contributed by atoms with Gasteiger partial charge in [0.1, 0.15) is 35.6 Å². The molecule has 2 aliphatic heterocycles. The first kappa shape index (κ1) is 34.0. The molecule has 4 aromatic rings. The predicted octanol–water partition coefficient (Wildman–Crippen LogP) is 7.02. The highest BCUT2D eigenvalue weighted by Crippen LogP contribution is 2.47. The van der Waals surface area contributed by atoms with E-state index in [9.17, 15) is 4.79 Å². The van der Waals surface area contributed by atoms with Gasteiger partial charge in [-0.25, -0.2) is 19.9 Å². The van der Waals surface area contributed by atoms with Crippen molar-refractivity contribution in [1.82, 2.24) is 39.7 Å². The van der Waals surface area contributed by atoms with Crippen LogP contribution in [0.4, 0.5) is 11.6 Å². The molecule has 11 nitrogen and oxygen atoms in total. The van der Waals surface area contributed by atoms with E-state index in [1.54, 1.807) is 12.7 Å². The zero-order valence-corrected chi connectivity index (χ0v) is 31.4. The van der Waals surface area contributed by atoms with E-state index in [4.69, 9.17) is 12.2 Å². The van der Waals surface area contributed by atoms with Crippen molar-refractivity contribution in [3.63, 3.8) is 0 Å². The van der Waals surface area contributed by atoms with Gasteiger partial charge in [0.15, 0.2) is 0 Å². The fourth-order valence-electron chi connectivity index (χ4n) is 10.0. The van der Waals surface area contributed by atoms with Gasteiger partial charge < -0.3 is 29.6 Å². The molecule has 2 spiro atoms. The number of carbonyl (C=O) groups excluding carboxylic acids is 1. The number of hydrogen-bond donors (Lipinski definition) is 2. The van der Waals surface area contributed by atoms with E-state index in [1.807, 2.05) is 12.4 Å². The number of amides is 1. The number of hydrogen-bond acceptors (Lipinski definition) is 8. The van der Waals surface area contributed by atoms with Crippen molar-refractivity contribution in [2.45, 2.75) is 114 Å². The van der Waals surface area contributed by atoms with Crippen LogP contribution in [0.15, 0.2) is 37.2 Å². The second kappa shape index (κ2) is 14.2. The first-order valence-corrected chi connectivity index (χ1v) is 20.6. The molecule has 4 aromatic heterocycles. The molecule has 52 heavy (non-hydrogen) atoms. The monoisotopic (exact) mass is 722 g/mol. The highest BCUT2D eigenvalue weighted by Gasteiger charge is 2.53. The lowest BCUT2D eigenvalue weighted by Crippen LogP contribution is -2.47. The van der Waals surface area contributed by atoms with Crippen molar-refractivity contribution in [3.05, 3.63) is 37.2 Å². The van der Waals surface area contributed by atoms with E-state index in [0.29, 0.717) is 11.8 Å². The molecule has 6 aliphatic rings. The fraction of sp³-hybridized carbons (Fsp3) is 0.650. The average Bonchev–Trinajstić information content (AvgIpc) is 3.70. The normalized spacial score (nSPS) is 22.9. The van der Waals surface area contributed by atoms with Crippen LogP contribution in [0.2, 0.25) is 0 Å². The van der Waals surface area contributed by atoms with Crippen molar-refractivity contribution in [2.75, 3.05) is 49.1 Å². The Morgan fingerprint density at radius 3 is 1.65 bits per heavy atom. The molecular weight excluding hydrogens is 669 g/mol. The summed E-state index contributed by atoms with van der Waals surface area (Å²) >= 11 is 5.96. The lowest BCUT2D eigenvalue weighted by atomic mass is 10.0. The summed E-state index contributed by atoms with van der Waals surface area (Å²) in [4.78, 5) is 48.2. The maximum absolute atomic E-state index is 13.1. The van der Waals surface area contributed by atoms with Crippen LogP contribution in [0, 0.1) is 11.8 Å². The number of fused-ring (bicyclic) bond motifs is 2. The molecule has 12 heteroatoms. The molecule has 0 radical (unpaired) electrons. The van der Waals surface area contributed by atoms with Gasteiger partial charge in [-0.1, -0.05) is 50.7 Å².